The standard InChI is InChI=1S/C14H22N4O2/c1-3-4-11-13(18(19)20)14(17(2)16-11)15-12(9-5-6-9)10-7-8-10/h9-10,12,15H,3-8H2,1-2H3. The SMILES string of the molecule is CCCc1nn(C)c(NC(C2CC2)C2CC2)c1[N+](=O)[O-]. The second kappa shape index (κ2) is 5.07. The molecule has 0 aromatic carbocycles. The van der Waals surface area contributed by atoms with Crippen LogP contribution in [0.3, 0.4) is 0 Å². The van der Waals surface area contributed by atoms with Gasteiger partial charge in [-0.2, -0.15) is 5.10 Å². The molecule has 0 spiro atoms. The monoisotopic (exact) mass is 278 g/mol. The van der Waals surface area contributed by atoms with Crippen LogP contribution < -0.4 is 5.32 Å². The fourth-order valence-electron chi connectivity index (χ4n) is 3.02. The van der Waals surface area contributed by atoms with Crippen molar-refractivity contribution < 1.29 is 4.92 Å². The molecule has 6 nitrogen and oxygen atoms in total. The van der Waals surface area contributed by atoms with Gasteiger partial charge in [-0.05, 0) is 43.9 Å². The first-order valence-corrected chi connectivity index (χ1v) is 7.58. The summed E-state index contributed by atoms with van der Waals surface area (Å²) in [5.41, 5.74) is 0.786. The van der Waals surface area contributed by atoms with Gasteiger partial charge in [-0.15, -0.1) is 0 Å². The molecule has 0 atom stereocenters. The van der Waals surface area contributed by atoms with Crippen molar-refractivity contribution in [2.45, 2.75) is 51.5 Å². The van der Waals surface area contributed by atoms with Gasteiger partial charge in [0.2, 0.25) is 5.82 Å². The normalized spacial score (nSPS) is 18.6. The zero-order valence-electron chi connectivity index (χ0n) is 12.1. The van der Waals surface area contributed by atoms with Gasteiger partial charge in [0, 0.05) is 13.1 Å². The summed E-state index contributed by atoms with van der Waals surface area (Å²) in [5.74, 6) is 2.00. The minimum absolute atomic E-state index is 0.181. The molecule has 2 fully saturated rings. The van der Waals surface area contributed by atoms with Crippen LogP contribution >= 0.6 is 0 Å². The molecule has 0 unspecified atom stereocenters. The zero-order chi connectivity index (χ0) is 14.3. The van der Waals surface area contributed by atoms with Crippen molar-refractivity contribution in [2.75, 3.05) is 5.32 Å². The molecular weight excluding hydrogens is 256 g/mol. The Hall–Kier alpha value is -1.59. The molecule has 2 saturated carbocycles. The van der Waals surface area contributed by atoms with E-state index in [1.54, 1.807) is 11.7 Å². The van der Waals surface area contributed by atoms with Crippen LogP contribution in [0.1, 0.15) is 44.7 Å². The number of anilines is 1. The van der Waals surface area contributed by atoms with Crippen molar-refractivity contribution in [1.29, 1.82) is 0 Å². The van der Waals surface area contributed by atoms with E-state index < -0.39 is 0 Å². The number of nitrogens with one attached hydrogen (secondary N) is 1. The lowest BCUT2D eigenvalue weighted by atomic mass is 10.1. The van der Waals surface area contributed by atoms with E-state index in [-0.39, 0.29) is 10.6 Å². The van der Waals surface area contributed by atoms with Crippen LogP contribution in [0, 0.1) is 22.0 Å². The fourth-order valence-corrected chi connectivity index (χ4v) is 3.02. The molecule has 2 aliphatic rings. The highest BCUT2D eigenvalue weighted by atomic mass is 16.6. The summed E-state index contributed by atoms with van der Waals surface area (Å²) < 4.78 is 1.65. The predicted octanol–water partition coefficient (Wildman–Crippen LogP) is 2.88. The Morgan fingerprint density at radius 2 is 2.00 bits per heavy atom. The van der Waals surface area contributed by atoms with E-state index in [2.05, 4.69) is 10.4 Å². The largest absolute Gasteiger partial charge is 0.361 e. The molecule has 20 heavy (non-hydrogen) atoms. The first-order valence-electron chi connectivity index (χ1n) is 7.58. The molecule has 2 aliphatic carbocycles. The van der Waals surface area contributed by atoms with E-state index in [9.17, 15) is 10.1 Å². The number of nitro groups is 1. The van der Waals surface area contributed by atoms with Gasteiger partial charge in [0.15, 0.2) is 0 Å². The Morgan fingerprint density at radius 1 is 1.40 bits per heavy atom. The topological polar surface area (TPSA) is 73.0 Å². The maximum absolute atomic E-state index is 11.4. The maximum atomic E-state index is 11.4. The van der Waals surface area contributed by atoms with E-state index >= 15 is 0 Å². The third kappa shape index (κ3) is 2.51. The molecule has 6 heteroatoms. The molecule has 0 saturated heterocycles. The predicted molar refractivity (Wildman–Crippen MR) is 76.7 cm³/mol. The number of nitrogens with zero attached hydrogens (tertiary/aromatic N) is 3. The number of rotatable bonds is 7. The van der Waals surface area contributed by atoms with Crippen LogP contribution in [-0.2, 0) is 13.5 Å². The highest BCUT2D eigenvalue weighted by Gasteiger charge is 2.43. The molecule has 0 bridgehead atoms. The average Bonchev–Trinajstić information content (AvgIpc) is 3.26. The molecule has 3 rings (SSSR count). The molecule has 1 aromatic heterocycles. The first-order chi connectivity index (χ1) is 9.61. The van der Waals surface area contributed by atoms with Gasteiger partial charge in [0.05, 0.1) is 4.92 Å². The Labute approximate surface area is 118 Å². The second-order valence-corrected chi connectivity index (χ2v) is 6.12. The van der Waals surface area contributed by atoms with E-state index in [0.717, 1.165) is 6.42 Å². The molecule has 0 aliphatic heterocycles. The Bertz CT molecular complexity index is 505. The quantitative estimate of drug-likeness (QED) is 0.615. The van der Waals surface area contributed by atoms with Crippen LogP contribution in [-0.4, -0.2) is 20.7 Å². The van der Waals surface area contributed by atoms with Crippen molar-refractivity contribution in [1.82, 2.24) is 9.78 Å². The van der Waals surface area contributed by atoms with Gasteiger partial charge in [0.1, 0.15) is 5.69 Å². The molecule has 110 valence electrons. The number of aryl methyl sites for hydroxylation is 2. The Morgan fingerprint density at radius 3 is 2.45 bits per heavy atom. The Kier molecular flexibility index (Phi) is 3.40. The molecule has 0 amide bonds. The van der Waals surface area contributed by atoms with E-state index in [1.807, 2.05) is 6.92 Å². The summed E-state index contributed by atoms with van der Waals surface area (Å²) in [6.07, 6.45) is 6.53. The van der Waals surface area contributed by atoms with Gasteiger partial charge in [-0.1, -0.05) is 13.3 Å². The van der Waals surface area contributed by atoms with Gasteiger partial charge in [-0.25, -0.2) is 4.68 Å². The molecule has 0 radical (unpaired) electrons. The van der Waals surface area contributed by atoms with Gasteiger partial charge < -0.3 is 5.32 Å². The minimum Gasteiger partial charge on any atom is -0.361 e. The van der Waals surface area contributed by atoms with Crippen LogP contribution in [0.25, 0.3) is 0 Å². The highest BCUT2D eigenvalue weighted by Crippen LogP contribution is 2.46. The van der Waals surface area contributed by atoms with E-state index in [0.29, 0.717) is 35.8 Å². The Balaban J connectivity index is 1.88. The summed E-state index contributed by atoms with van der Waals surface area (Å²) in [7, 11) is 1.80. The molecule has 1 N–H and O–H groups in total. The third-order valence-corrected chi connectivity index (χ3v) is 4.32. The summed E-state index contributed by atoms with van der Waals surface area (Å²) in [6.45, 7) is 2.02. The van der Waals surface area contributed by atoms with Crippen molar-refractivity contribution in [3.63, 3.8) is 0 Å². The van der Waals surface area contributed by atoms with Crippen molar-refractivity contribution in [2.24, 2.45) is 18.9 Å². The smallest absolute Gasteiger partial charge is 0.333 e. The number of hydrogen-bond donors (Lipinski definition) is 1. The summed E-state index contributed by atoms with van der Waals surface area (Å²) >= 11 is 0. The first kappa shape index (κ1) is 13.4. The van der Waals surface area contributed by atoms with Crippen LogP contribution in [0.4, 0.5) is 11.5 Å². The lowest BCUT2D eigenvalue weighted by molar-refractivity contribution is -0.384. The van der Waals surface area contributed by atoms with Crippen LogP contribution in [0.2, 0.25) is 0 Å². The van der Waals surface area contributed by atoms with E-state index in [4.69, 9.17) is 0 Å². The summed E-state index contributed by atoms with van der Waals surface area (Å²) in [5, 5.41) is 19.2. The number of hydrogen-bond acceptors (Lipinski definition) is 4. The van der Waals surface area contributed by atoms with Gasteiger partial charge >= 0.3 is 5.69 Å². The fraction of sp³-hybridized carbons (Fsp3) is 0.786. The van der Waals surface area contributed by atoms with E-state index in [1.165, 1.54) is 25.7 Å². The lowest BCUT2D eigenvalue weighted by Crippen LogP contribution is -2.26. The average molecular weight is 278 g/mol. The van der Waals surface area contributed by atoms with Gasteiger partial charge in [-0.3, -0.25) is 10.1 Å². The maximum Gasteiger partial charge on any atom is 0.333 e. The molecule has 1 heterocycles. The minimum atomic E-state index is -0.281. The van der Waals surface area contributed by atoms with Gasteiger partial charge in [0.25, 0.3) is 0 Å². The molecule has 1 aromatic rings. The van der Waals surface area contributed by atoms with Crippen LogP contribution in [0.5, 0.6) is 0 Å². The third-order valence-electron chi connectivity index (χ3n) is 4.32. The molecular formula is C14H22N4O2. The summed E-state index contributed by atoms with van der Waals surface area (Å²) in [4.78, 5) is 11.1. The van der Waals surface area contributed by atoms with Crippen molar-refractivity contribution >= 4 is 11.5 Å². The van der Waals surface area contributed by atoms with Crippen molar-refractivity contribution in [3.8, 4) is 0 Å². The highest BCUT2D eigenvalue weighted by molar-refractivity contribution is 5.60. The lowest BCUT2D eigenvalue weighted by Gasteiger charge is -2.18. The number of aromatic nitrogens is 2. The second-order valence-electron chi connectivity index (χ2n) is 6.12. The summed E-state index contributed by atoms with van der Waals surface area (Å²) in [6, 6.07) is 0.401. The van der Waals surface area contributed by atoms with Crippen LogP contribution in [0.15, 0.2) is 0 Å². The zero-order valence-corrected chi connectivity index (χ0v) is 12.1. The van der Waals surface area contributed by atoms with Crippen molar-refractivity contribution in [3.05, 3.63) is 15.8 Å².